The third-order valence-electron chi connectivity index (χ3n) is 3.65. The van der Waals surface area contributed by atoms with Crippen LogP contribution in [0.4, 0.5) is 0 Å². The number of hydrogen-bond acceptors (Lipinski definition) is 2. The fourth-order valence-electron chi connectivity index (χ4n) is 1.77. The lowest BCUT2D eigenvalue weighted by Gasteiger charge is -2.32. The Morgan fingerprint density at radius 3 is 2.12 bits per heavy atom. The fourth-order valence-corrected chi connectivity index (χ4v) is 1.96. The van der Waals surface area contributed by atoms with E-state index in [-0.39, 0.29) is 18.3 Å². The molecule has 1 aliphatic rings. The van der Waals surface area contributed by atoms with Crippen LogP contribution in [0.3, 0.4) is 0 Å². The van der Waals surface area contributed by atoms with E-state index in [1.54, 1.807) is 0 Å². The second-order valence-corrected chi connectivity index (χ2v) is 6.16. The molecule has 0 radical (unpaired) electrons. The summed E-state index contributed by atoms with van der Waals surface area (Å²) in [5.41, 5.74) is 0.823. The number of halogens is 1. The third kappa shape index (κ3) is 4.01. The van der Waals surface area contributed by atoms with Crippen molar-refractivity contribution in [1.29, 1.82) is 0 Å². The predicted molar refractivity (Wildman–Crippen MR) is 74.4 cm³/mol. The maximum atomic E-state index is 5.92. The zero-order valence-corrected chi connectivity index (χ0v) is 12.4. The Balaban J connectivity index is 2.51. The highest BCUT2D eigenvalue weighted by Crippen LogP contribution is 2.37. The van der Waals surface area contributed by atoms with Crippen molar-refractivity contribution in [2.24, 2.45) is 0 Å². The first-order valence-corrected chi connectivity index (χ1v) is 6.91. The van der Waals surface area contributed by atoms with Crippen LogP contribution in [0.1, 0.15) is 53.9 Å². The van der Waals surface area contributed by atoms with Crippen LogP contribution >= 0.6 is 11.6 Å². The minimum atomic E-state index is -0.245. The fraction of sp³-hybridized carbons (Fsp3) is 0.846. The lowest BCUT2D eigenvalue weighted by Crippen LogP contribution is -2.41. The Labute approximate surface area is 111 Å². The van der Waals surface area contributed by atoms with E-state index in [2.05, 4.69) is 40.6 Å². The first-order valence-electron chi connectivity index (χ1n) is 6.37. The van der Waals surface area contributed by atoms with Crippen LogP contribution in [0.5, 0.6) is 0 Å². The minimum absolute atomic E-state index is 0.212. The normalized spacial score (nSPS) is 23.2. The summed E-state index contributed by atoms with van der Waals surface area (Å²) in [6, 6.07) is 0. The molecule has 0 bridgehead atoms. The number of alkyl halides is 1. The molecule has 1 fully saturated rings. The lowest BCUT2D eigenvalue weighted by atomic mass is 9.86. The topological polar surface area (TPSA) is 18.5 Å². The van der Waals surface area contributed by atoms with Crippen molar-refractivity contribution in [3.8, 4) is 0 Å². The van der Waals surface area contributed by atoms with Crippen LogP contribution in [0.25, 0.3) is 0 Å². The summed E-state index contributed by atoms with van der Waals surface area (Å²) in [6.45, 7) is 10.4. The Morgan fingerprint density at radius 2 is 1.65 bits per heavy atom. The SMILES string of the molecule is CC(=CB1OC(C)(C)C(C)(C)O1)CCCCCl. The summed E-state index contributed by atoms with van der Waals surface area (Å²) >= 11 is 5.66. The van der Waals surface area contributed by atoms with E-state index >= 15 is 0 Å². The molecule has 0 aliphatic carbocycles. The summed E-state index contributed by atoms with van der Waals surface area (Å²) in [6.07, 6.45) is 3.26. The van der Waals surface area contributed by atoms with Crippen LogP contribution in [0.2, 0.25) is 0 Å². The Morgan fingerprint density at radius 1 is 1.12 bits per heavy atom. The van der Waals surface area contributed by atoms with Crippen LogP contribution in [-0.2, 0) is 9.31 Å². The first kappa shape index (κ1) is 15.1. The van der Waals surface area contributed by atoms with Crippen LogP contribution < -0.4 is 0 Å². The predicted octanol–water partition coefficient (Wildman–Crippen LogP) is 3.97. The highest BCUT2D eigenvalue weighted by atomic mass is 35.5. The average Bonchev–Trinajstić information content (AvgIpc) is 2.35. The molecule has 0 amide bonds. The molecule has 98 valence electrons. The average molecular weight is 259 g/mol. The molecule has 2 nitrogen and oxygen atoms in total. The van der Waals surface area contributed by atoms with Crippen molar-refractivity contribution in [2.75, 3.05) is 5.88 Å². The van der Waals surface area contributed by atoms with E-state index in [1.807, 2.05) is 0 Å². The van der Waals surface area contributed by atoms with E-state index in [9.17, 15) is 0 Å². The van der Waals surface area contributed by atoms with E-state index < -0.39 is 0 Å². The van der Waals surface area contributed by atoms with Gasteiger partial charge in [-0.2, -0.15) is 0 Å². The molecular formula is C13H24BClO2. The smallest absolute Gasteiger partial charge is 0.400 e. The monoisotopic (exact) mass is 258 g/mol. The lowest BCUT2D eigenvalue weighted by molar-refractivity contribution is 0.00578. The zero-order valence-electron chi connectivity index (χ0n) is 11.7. The minimum Gasteiger partial charge on any atom is -0.400 e. The quantitative estimate of drug-likeness (QED) is 0.422. The van der Waals surface area contributed by atoms with Crippen molar-refractivity contribution >= 4 is 18.7 Å². The molecule has 0 N–H and O–H groups in total. The maximum absolute atomic E-state index is 5.92. The van der Waals surface area contributed by atoms with Gasteiger partial charge in [-0.1, -0.05) is 11.5 Å². The van der Waals surface area contributed by atoms with Crippen molar-refractivity contribution in [2.45, 2.75) is 65.1 Å². The zero-order chi connectivity index (χ0) is 13.1. The van der Waals surface area contributed by atoms with Gasteiger partial charge in [-0.15, -0.1) is 11.6 Å². The van der Waals surface area contributed by atoms with Crippen LogP contribution in [0, 0.1) is 0 Å². The molecule has 0 aromatic rings. The Kier molecular flexibility index (Phi) is 5.12. The number of hydrogen-bond donors (Lipinski definition) is 0. The van der Waals surface area contributed by atoms with E-state index in [4.69, 9.17) is 20.9 Å². The van der Waals surface area contributed by atoms with Gasteiger partial charge < -0.3 is 9.31 Å². The molecule has 1 saturated heterocycles. The van der Waals surface area contributed by atoms with Gasteiger partial charge in [-0.05, 0) is 53.9 Å². The molecule has 1 aliphatic heterocycles. The van der Waals surface area contributed by atoms with Gasteiger partial charge in [0.1, 0.15) is 0 Å². The van der Waals surface area contributed by atoms with Gasteiger partial charge in [0.15, 0.2) is 0 Å². The summed E-state index contributed by atoms with van der Waals surface area (Å²) < 4.78 is 11.8. The van der Waals surface area contributed by atoms with Crippen molar-refractivity contribution in [1.82, 2.24) is 0 Å². The second-order valence-electron chi connectivity index (χ2n) is 5.78. The molecule has 1 rings (SSSR count). The first-order chi connectivity index (χ1) is 7.78. The molecule has 0 aromatic heterocycles. The maximum Gasteiger partial charge on any atom is 0.487 e. The summed E-state index contributed by atoms with van der Waals surface area (Å²) in [7, 11) is -0.212. The van der Waals surface area contributed by atoms with Crippen LogP contribution in [-0.4, -0.2) is 24.2 Å². The van der Waals surface area contributed by atoms with Gasteiger partial charge in [0, 0.05) is 5.88 Å². The molecule has 0 atom stereocenters. The van der Waals surface area contributed by atoms with Gasteiger partial charge in [0.05, 0.1) is 11.2 Å². The second kappa shape index (κ2) is 5.77. The Bertz CT molecular complexity index is 271. The van der Waals surface area contributed by atoms with E-state index in [0.717, 1.165) is 25.1 Å². The Hall–Kier alpha value is 0.0149. The summed E-state index contributed by atoms with van der Waals surface area (Å²) in [5.74, 6) is 2.83. The van der Waals surface area contributed by atoms with Crippen molar-refractivity contribution in [3.05, 3.63) is 11.5 Å². The summed E-state index contributed by atoms with van der Waals surface area (Å²) in [4.78, 5) is 0. The highest BCUT2D eigenvalue weighted by Gasteiger charge is 2.50. The molecule has 0 aromatic carbocycles. The molecule has 17 heavy (non-hydrogen) atoms. The molecule has 0 saturated carbocycles. The standard InChI is InChI=1S/C13H24BClO2/c1-11(8-6-7-9-15)10-14-16-12(2,3)13(4,5)17-14/h10H,6-9H2,1-5H3. The molecule has 0 unspecified atom stereocenters. The number of rotatable bonds is 5. The van der Waals surface area contributed by atoms with Gasteiger partial charge >= 0.3 is 7.12 Å². The van der Waals surface area contributed by atoms with Gasteiger partial charge in [-0.3, -0.25) is 0 Å². The molecule has 1 heterocycles. The molecule has 4 heteroatoms. The number of unbranched alkanes of at least 4 members (excludes halogenated alkanes) is 1. The summed E-state index contributed by atoms with van der Waals surface area (Å²) in [5, 5.41) is 0. The van der Waals surface area contributed by atoms with Crippen molar-refractivity contribution in [3.63, 3.8) is 0 Å². The van der Waals surface area contributed by atoms with Crippen LogP contribution in [0.15, 0.2) is 11.5 Å². The third-order valence-corrected chi connectivity index (χ3v) is 3.91. The van der Waals surface area contributed by atoms with Crippen molar-refractivity contribution < 1.29 is 9.31 Å². The molecule has 0 spiro atoms. The highest BCUT2D eigenvalue weighted by molar-refractivity contribution is 6.51. The number of allylic oxidation sites excluding steroid dienone is 1. The van der Waals surface area contributed by atoms with Gasteiger partial charge in [0.25, 0.3) is 0 Å². The van der Waals surface area contributed by atoms with E-state index in [1.165, 1.54) is 5.57 Å². The largest absolute Gasteiger partial charge is 0.487 e. The van der Waals surface area contributed by atoms with E-state index in [0.29, 0.717) is 0 Å². The van der Waals surface area contributed by atoms with Gasteiger partial charge in [-0.25, -0.2) is 0 Å². The van der Waals surface area contributed by atoms with Gasteiger partial charge in [0.2, 0.25) is 0 Å². The molecular weight excluding hydrogens is 234 g/mol.